The molecule has 0 aliphatic carbocycles. The van der Waals surface area contributed by atoms with E-state index in [9.17, 15) is 0 Å². The second kappa shape index (κ2) is 10.8. The molecule has 5 heteroatoms. The highest BCUT2D eigenvalue weighted by Gasteiger charge is 2.11. The van der Waals surface area contributed by atoms with Crippen LogP contribution in [0.1, 0.15) is 40.5 Å². The van der Waals surface area contributed by atoms with Gasteiger partial charge in [-0.15, -0.1) is 0 Å². The molecule has 0 bridgehead atoms. The maximum atomic E-state index is 4.72. The number of likely N-dealkylation sites (N-methyl/N-ethyl adjacent to an activating group) is 1. The Kier molecular flexibility index (Phi) is 9.48. The molecule has 0 aromatic heterocycles. The van der Waals surface area contributed by atoms with Crippen molar-refractivity contribution in [3.05, 3.63) is 0 Å². The first-order valence-corrected chi connectivity index (χ1v) is 8.98. The second-order valence-electron chi connectivity index (χ2n) is 6.79. The molecule has 5 nitrogen and oxygen atoms in total. The van der Waals surface area contributed by atoms with E-state index >= 15 is 0 Å². The standard InChI is InChI=1S/C17H37N5/c1-6-18-17(20-16(4)15(2)3)19-9-7-11-22-12-8-10-21(5)13-14-22/h15-16H,6-14H2,1-5H3,(H2,18,19,20). The van der Waals surface area contributed by atoms with Crippen molar-refractivity contribution in [3.63, 3.8) is 0 Å². The highest BCUT2D eigenvalue weighted by atomic mass is 15.2. The molecule has 22 heavy (non-hydrogen) atoms. The fourth-order valence-electron chi connectivity index (χ4n) is 2.51. The number of hydrogen-bond acceptors (Lipinski definition) is 3. The smallest absolute Gasteiger partial charge is 0.191 e. The number of rotatable bonds is 7. The minimum atomic E-state index is 0.443. The van der Waals surface area contributed by atoms with Gasteiger partial charge in [0.05, 0.1) is 0 Å². The molecule has 0 amide bonds. The Morgan fingerprint density at radius 3 is 2.59 bits per heavy atom. The summed E-state index contributed by atoms with van der Waals surface area (Å²) in [6, 6.07) is 0.443. The minimum absolute atomic E-state index is 0.443. The van der Waals surface area contributed by atoms with E-state index in [1.807, 2.05) is 0 Å². The molecule has 1 atom stereocenters. The largest absolute Gasteiger partial charge is 0.357 e. The summed E-state index contributed by atoms with van der Waals surface area (Å²) in [4.78, 5) is 9.72. The van der Waals surface area contributed by atoms with E-state index in [0.717, 1.165) is 32.0 Å². The van der Waals surface area contributed by atoms with Gasteiger partial charge in [-0.25, -0.2) is 0 Å². The van der Waals surface area contributed by atoms with E-state index in [1.54, 1.807) is 0 Å². The molecule has 0 radical (unpaired) electrons. The summed E-state index contributed by atoms with van der Waals surface area (Å²) >= 11 is 0. The van der Waals surface area contributed by atoms with Crippen molar-refractivity contribution < 1.29 is 0 Å². The van der Waals surface area contributed by atoms with Crippen LogP contribution >= 0.6 is 0 Å². The molecule has 1 aliphatic heterocycles. The zero-order valence-electron chi connectivity index (χ0n) is 15.4. The lowest BCUT2D eigenvalue weighted by Gasteiger charge is -2.21. The van der Waals surface area contributed by atoms with Gasteiger partial charge in [0.1, 0.15) is 0 Å². The molecule has 1 rings (SSSR count). The SMILES string of the molecule is CCNC(=NCCCN1CCCN(C)CC1)NC(C)C(C)C. The Balaban J connectivity index is 2.30. The Morgan fingerprint density at radius 1 is 1.14 bits per heavy atom. The van der Waals surface area contributed by atoms with Gasteiger partial charge in [0.15, 0.2) is 5.96 Å². The number of nitrogens with zero attached hydrogens (tertiary/aromatic N) is 3. The van der Waals surface area contributed by atoms with Crippen molar-refractivity contribution in [3.8, 4) is 0 Å². The van der Waals surface area contributed by atoms with Crippen molar-refractivity contribution in [1.29, 1.82) is 0 Å². The maximum absolute atomic E-state index is 4.72. The van der Waals surface area contributed by atoms with E-state index < -0.39 is 0 Å². The average molecular weight is 312 g/mol. The van der Waals surface area contributed by atoms with Gasteiger partial charge in [-0.05, 0) is 59.3 Å². The van der Waals surface area contributed by atoms with Gasteiger partial charge in [-0.2, -0.15) is 0 Å². The Morgan fingerprint density at radius 2 is 1.91 bits per heavy atom. The predicted molar refractivity (Wildman–Crippen MR) is 96.6 cm³/mol. The van der Waals surface area contributed by atoms with Crippen molar-refractivity contribution in [2.24, 2.45) is 10.9 Å². The van der Waals surface area contributed by atoms with Crippen LogP contribution in [-0.4, -0.2) is 74.7 Å². The van der Waals surface area contributed by atoms with Crippen molar-refractivity contribution in [2.75, 3.05) is 52.9 Å². The van der Waals surface area contributed by atoms with Crippen LogP contribution in [0.15, 0.2) is 4.99 Å². The van der Waals surface area contributed by atoms with Gasteiger partial charge in [0.25, 0.3) is 0 Å². The van der Waals surface area contributed by atoms with Crippen LogP contribution in [0.4, 0.5) is 0 Å². The van der Waals surface area contributed by atoms with E-state index in [2.05, 4.69) is 55.2 Å². The molecular formula is C17H37N5. The van der Waals surface area contributed by atoms with Gasteiger partial charge in [-0.3, -0.25) is 4.99 Å². The minimum Gasteiger partial charge on any atom is -0.357 e. The van der Waals surface area contributed by atoms with Crippen LogP contribution in [-0.2, 0) is 0 Å². The van der Waals surface area contributed by atoms with Crippen molar-refractivity contribution in [1.82, 2.24) is 20.4 Å². The Bertz CT molecular complexity index is 316. The van der Waals surface area contributed by atoms with E-state index in [0.29, 0.717) is 12.0 Å². The average Bonchev–Trinajstić information content (AvgIpc) is 2.68. The monoisotopic (exact) mass is 311 g/mol. The molecule has 1 fully saturated rings. The normalized spacial score (nSPS) is 20.0. The molecule has 1 aliphatic rings. The Labute approximate surface area is 137 Å². The number of hydrogen-bond donors (Lipinski definition) is 2. The third-order valence-corrected chi connectivity index (χ3v) is 4.42. The lowest BCUT2D eigenvalue weighted by molar-refractivity contribution is 0.275. The molecular weight excluding hydrogens is 274 g/mol. The lowest BCUT2D eigenvalue weighted by atomic mass is 10.1. The first kappa shape index (κ1) is 19.2. The van der Waals surface area contributed by atoms with Crippen LogP contribution in [0.3, 0.4) is 0 Å². The topological polar surface area (TPSA) is 42.9 Å². The number of guanidine groups is 1. The lowest BCUT2D eigenvalue weighted by Crippen LogP contribution is -2.44. The van der Waals surface area contributed by atoms with Crippen molar-refractivity contribution >= 4 is 5.96 Å². The zero-order valence-corrected chi connectivity index (χ0v) is 15.4. The summed E-state index contributed by atoms with van der Waals surface area (Å²) in [5.74, 6) is 1.57. The zero-order chi connectivity index (χ0) is 16.4. The van der Waals surface area contributed by atoms with Gasteiger partial charge >= 0.3 is 0 Å². The van der Waals surface area contributed by atoms with Crippen LogP contribution in [0.5, 0.6) is 0 Å². The fourth-order valence-corrected chi connectivity index (χ4v) is 2.51. The summed E-state index contributed by atoms with van der Waals surface area (Å²) < 4.78 is 0. The molecule has 2 N–H and O–H groups in total. The Hall–Kier alpha value is -0.810. The molecule has 1 saturated heterocycles. The number of nitrogens with one attached hydrogen (secondary N) is 2. The summed E-state index contributed by atoms with van der Waals surface area (Å²) in [6.45, 7) is 16.6. The molecule has 0 spiro atoms. The van der Waals surface area contributed by atoms with Gasteiger partial charge in [0, 0.05) is 32.2 Å². The molecule has 1 heterocycles. The summed E-state index contributed by atoms with van der Waals surface area (Å²) in [5, 5.41) is 6.83. The van der Waals surface area contributed by atoms with E-state index in [4.69, 9.17) is 4.99 Å². The fraction of sp³-hybridized carbons (Fsp3) is 0.941. The molecule has 0 aromatic carbocycles. The molecule has 0 aromatic rings. The van der Waals surface area contributed by atoms with Crippen molar-refractivity contribution in [2.45, 2.75) is 46.6 Å². The van der Waals surface area contributed by atoms with Crippen LogP contribution in [0.2, 0.25) is 0 Å². The molecule has 1 unspecified atom stereocenters. The van der Waals surface area contributed by atoms with E-state index in [-0.39, 0.29) is 0 Å². The van der Waals surface area contributed by atoms with Gasteiger partial charge in [-0.1, -0.05) is 13.8 Å². The summed E-state index contributed by atoms with van der Waals surface area (Å²) in [6.07, 6.45) is 2.42. The van der Waals surface area contributed by atoms with Gasteiger partial charge in [0.2, 0.25) is 0 Å². The highest BCUT2D eigenvalue weighted by Crippen LogP contribution is 2.02. The summed E-state index contributed by atoms with van der Waals surface area (Å²) in [5.41, 5.74) is 0. The second-order valence-corrected chi connectivity index (χ2v) is 6.79. The van der Waals surface area contributed by atoms with Crippen LogP contribution < -0.4 is 10.6 Å². The van der Waals surface area contributed by atoms with E-state index in [1.165, 1.54) is 32.6 Å². The first-order valence-electron chi connectivity index (χ1n) is 8.98. The quantitative estimate of drug-likeness (QED) is 0.426. The maximum Gasteiger partial charge on any atom is 0.191 e. The number of aliphatic imine (C=N–C) groups is 1. The van der Waals surface area contributed by atoms with Crippen LogP contribution in [0.25, 0.3) is 0 Å². The predicted octanol–water partition coefficient (Wildman–Crippen LogP) is 1.61. The molecule has 0 saturated carbocycles. The van der Waals surface area contributed by atoms with Gasteiger partial charge < -0.3 is 20.4 Å². The third-order valence-electron chi connectivity index (χ3n) is 4.42. The molecule has 130 valence electrons. The first-order chi connectivity index (χ1) is 10.5. The third kappa shape index (κ3) is 7.99. The summed E-state index contributed by atoms with van der Waals surface area (Å²) in [7, 11) is 2.22. The highest BCUT2D eigenvalue weighted by molar-refractivity contribution is 5.80. The van der Waals surface area contributed by atoms with Crippen LogP contribution in [0, 0.1) is 5.92 Å².